The Hall–Kier alpha value is -4.77. The Kier molecular flexibility index (Phi) is 7.63. The van der Waals surface area contributed by atoms with Gasteiger partial charge in [-0.2, -0.15) is 0 Å². The molecular formula is C34H32ClF2N5O4. The number of anilines is 2. The number of piperazine rings is 1. The second-order valence-corrected chi connectivity index (χ2v) is 12.4. The molecule has 2 aromatic carbocycles. The number of amides is 2. The summed E-state index contributed by atoms with van der Waals surface area (Å²) < 4.78 is 33.7. The average Bonchev–Trinajstić information content (AvgIpc) is 3.00. The molecule has 0 radical (unpaired) electrons. The fraction of sp³-hybridized carbons (Fsp3) is 0.294. The van der Waals surface area contributed by atoms with Gasteiger partial charge in [-0.15, -0.1) is 0 Å². The molecule has 0 bridgehead atoms. The maximum atomic E-state index is 17.3. The molecule has 2 amide bonds. The number of benzene rings is 2. The lowest BCUT2D eigenvalue weighted by molar-refractivity contribution is -0.130. The zero-order valence-corrected chi connectivity index (χ0v) is 26.7. The highest BCUT2D eigenvalue weighted by atomic mass is 35.5. The largest absolute Gasteiger partial charge is 0.507 e. The molecule has 4 aromatic rings. The van der Waals surface area contributed by atoms with Gasteiger partial charge in [0.25, 0.3) is 11.5 Å². The van der Waals surface area contributed by atoms with E-state index in [2.05, 4.69) is 11.6 Å². The number of fused-ring (bicyclic) bond motifs is 5. The Bertz CT molecular complexity index is 2020. The lowest BCUT2D eigenvalue weighted by Crippen LogP contribution is -2.66. The number of likely N-dealkylation sites (N-methyl/N-ethyl adjacent to an activating group) is 1. The third-order valence-electron chi connectivity index (χ3n) is 8.90. The minimum absolute atomic E-state index is 0.000591. The summed E-state index contributed by atoms with van der Waals surface area (Å²) in [5, 5.41) is 10.6. The van der Waals surface area contributed by atoms with E-state index in [1.807, 2.05) is 20.8 Å². The summed E-state index contributed by atoms with van der Waals surface area (Å²) in [5.41, 5.74) is -0.0983. The van der Waals surface area contributed by atoms with Crippen LogP contribution in [0.3, 0.4) is 0 Å². The molecule has 46 heavy (non-hydrogen) atoms. The van der Waals surface area contributed by atoms with Gasteiger partial charge in [0.1, 0.15) is 23.3 Å². The van der Waals surface area contributed by atoms with E-state index in [0.29, 0.717) is 16.9 Å². The summed E-state index contributed by atoms with van der Waals surface area (Å²) in [6, 6.07) is 5.42. The van der Waals surface area contributed by atoms with Crippen LogP contribution in [0.2, 0.25) is 5.02 Å². The molecule has 2 atom stereocenters. The van der Waals surface area contributed by atoms with Crippen molar-refractivity contribution < 1.29 is 23.5 Å². The normalized spacial score (nSPS) is 17.8. The molecule has 0 spiro atoms. The number of aryl methyl sites for hydroxylation is 1. The Morgan fingerprint density at radius 2 is 1.85 bits per heavy atom. The quantitative estimate of drug-likeness (QED) is 0.286. The van der Waals surface area contributed by atoms with E-state index >= 15 is 8.78 Å². The predicted molar refractivity (Wildman–Crippen MR) is 174 cm³/mol. The molecule has 6 rings (SSSR count). The number of pyridine rings is 2. The number of hydrogen-bond donors (Lipinski definition) is 1. The fourth-order valence-corrected chi connectivity index (χ4v) is 7.00. The summed E-state index contributed by atoms with van der Waals surface area (Å²) in [6.07, 6.45) is 2.78. The van der Waals surface area contributed by atoms with E-state index in [9.17, 15) is 19.5 Å². The number of nitrogens with zero attached hydrogens (tertiary/aromatic N) is 5. The Morgan fingerprint density at radius 3 is 2.50 bits per heavy atom. The first-order chi connectivity index (χ1) is 21.8. The van der Waals surface area contributed by atoms with Crippen LogP contribution in [0.4, 0.5) is 20.2 Å². The van der Waals surface area contributed by atoms with Crippen LogP contribution in [0.1, 0.15) is 37.9 Å². The van der Waals surface area contributed by atoms with Gasteiger partial charge in [-0.05, 0) is 55.7 Å². The first-order valence-corrected chi connectivity index (χ1v) is 15.2. The summed E-state index contributed by atoms with van der Waals surface area (Å²) in [4.78, 5) is 50.4. The molecule has 2 aliphatic heterocycles. The van der Waals surface area contributed by atoms with E-state index < -0.39 is 52.1 Å². The van der Waals surface area contributed by atoms with Crippen molar-refractivity contribution in [3.8, 4) is 22.6 Å². The van der Waals surface area contributed by atoms with Crippen LogP contribution >= 0.6 is 11.6 Å². The molecule has 0 unspecified atom stereocenters. The third kappa shape index (κ3) is 4.47. The fourth-order valence-electron chi connectivity index (χ4n) is 6.72. The summed E-state index contributed by atoms with van der Waals surface area (Å²) in [5.74, 6) is -3.44. The standard InChI is InChI=1S/C34H32ClF2N5O4/c1-7-24(44)40-15-22-33(45)39(6)32-31(41(22)14-18(40)5)19-13-20(35)25(26-21(36)9-8-10-23(26)43)27(37)30(19)42(34(32)46)29-17(4)11-12-38-28(29)16(2)3/h7-13,16,18,22,43H,1,14-15H2,2-6H3/t18-,22-/m1/s1. The third-order valence-corrected chi connectivity index (χ3v) is 9.20. The number of aromatic hydroxyl groups is 1. The number of hydrogen-bond acceptors (Lipinski definition) is 6. The van der Waals surface area contributed by atoms with Gasteiger partial charge in [-0.1, -0.05) is 38.1 Å². The highest BCUT2D eigenvalue weighted by molar-refractivity contribution is 6.35. The smallest absolute Gasteiger partial charge is 0.281 e. The van der Waals surface area contributed by atoms with Crippen LogP contribution in [0, 0.1) is 18.6 Å². The van der Waals surface area contributed by atoms with Crippen LogP contribution in [0.25, 0.3) is 27.7 Å². The summed E-state index contributed by atoms with van der Waals surface area (Å²) >= 11 is 6.75. The number of halogens is 3. The van der Waals surface area contributed by atoms with E-state index in [-0.39, 0.29) is 52.2 Å². The van der Waals surface area contributed by atoms with E-state index in [0.717, 1.165) is 6.07 Å². The lowest BCUT2D eigenvalue weighted by Gasteiger charge is -2.50. The molecule has 2 aromatic heterocycles. The Morgan fingerprint density at radius 1 is 1.13 bits per heavy atom. The van der Waals surface area contributed by atoms with Gasteiger partial charge in [0, 0.05) is 36.8 Å². The van der Waals surface area contributed by atoms with Crippen molar-refractivity contribution in [3.05, 3.63) is 87.5 Å². The number of carbonyl (C=O) groups is 2. The van der Waals surface area contributed by atoms with Crippen LogP contribution in [-0.4, -0.2) is 63.6 Å². The monoisotopic (exact) mass is 647 g/mol. The number of phenolic OH excluding ortho intramolecular Hbond substituents is 1. The van der Waals surface area contributed by atoms with Gasteiger partial charge in [-0.3, -0.25) is 23.9 Å². The van der Waals surface area contributed by atoms with Crippen molar-refractivity contribution in [2.75, 3.05) is 29.9 Å². The van der Waals surface area contributed by atoms with Crippen LogP contribution in [0.5, 0.6) is 5.75 Å². The number of phenols is 1. The van der Waals surface area contributed by atoms with Crippen molar-refractivity contribution in [1.82, 2.24) is 14.5 Å². The zero-order valence-electron chi connectivity index (χ0n) is 25.9. The predicted octanol–water partition coefficient (Wildman–Crippen LogP) is 5.69. The van der Waals surface area contributed by atoms with Crippen molar-refractivity contribution >= 4 is 45.7 Å². The first kappa shape index (κ1) is 31.2. The minimum Gasteiger partial charge on any atom is -0.507 e. The SMILES string of the molecule is C=CC(=O)N1C[C@@H]2C(=O)N(C)c3c(c4cc(Cl)c(-c5c(O)cccc5F)c(F)c4n(-c4c(C)ccnc4C(C)C)c3=O)N2C[C@H]1C. The molecular weight excluding hydrogens is 616 g/mol. The molecule has 1 saturated heterocycles. The molecule has 12 heteroatoms. The van der Waals surface area contributed by atoms with E-state index in [1.54, 1.807) is 24.1 Å². The van der Waals surface area contributed by atoms with Gasteiger partial charge >= 0.3 is 0 Å². The Balaban J connectivity index is 1.80. The summed E-state index contributed by atoms with van der Waals surface area (Å²) in [7, 11) is 1.47. The molecule has 238 valence electrons. The topological polar surface area (TPSA) is 99.0 Å². The van der Waals surface area contributed by atoms with Crippen molar-refractivity contribution in [2.24, 2.45) is 0 Å². The highest BCUT2D eigenvalue weighted by Gasteiger charge is 2.46. The number of rotatable bonds is 4. The lowest BCUT2D eigenvalue weighted by atomic mass is 9.95. The van der Waals surface area contributed by atoms with Crippen LogP contribution < -0.4 is 15.4 Å². The molecule has 0 saturated carbocycles. The molecule has 1 fully saturated rings. The highest BCUT2D eigenvalue weighted by Crippen LogP contribution is 2.47. The first-order valence-electron chi connectivity index (χ1n) is 14.8. The minimum atomic E-state index is -1.04. The van der Waals surface area contributed by atoms with Crippen LogP contribution in [-0.2, 0) is 9.59 Å². The molecule has 4 heterocycles. The zero-order chi connectivity index (χ0) is 33.4. The van der Waals surface area contributed by atoms with Gasteiger partial charge in [-0.25, -0.2) is 8.78 Å². The maximum Gasteiger partial charge on any atom is 0.281 e. The van der Waals surface area contributed by atoms with Gasteiger partial charge < -0.3 is 19.8 Å². The average molecular weight is 648 g/mol. The maximum absolute atomic E-state index is 17.3. The van der Waals surface area contributed by atoms with Crippen molar-refractivity contribution in [1.29, 1.82) is 0 Å². The van der Waals surface area contributed by atoms with E-state index in [4.69, 9.17) is 11.6 Å². The second-order valence-electron chi connectivity index (χ2n) is 12.0. The van der Waals surface area contributed by atoms with Gasteiger partial charge in [0.2, 0.25) is 5.91 Å². The summed E-state index contributed by atoms with van der Waals surface area (Å²) in [6.45, 7) is 11.1. The Labute approximate surface area is 268 Å². The number of aromatic nitrogens is 2. The van der Waals surface area contributed by atoms with Gasteiger partial charge in [0.15, 0.2) is 5.82 Å². The van der Waals surface area contributed by atoms with Gasteiger partial charge in [0.05, 0.1) is 39.7 Å². The molecule has 1 N–H and O–H groups in total. The molecule has 9 nitrogen and oxygen atoms in total. The molecule has 0 aliphatic carbocycles. The number of carbonyl (C=O) groups excluding carboxylic acids is 2. The van der Waals surface area contributed by atoms with E-state index in [1.165, 1.54) is 45.7 Å². The van der Waals surface area contributed by atoms with Crippen molar-refractivity contribution in [3.63, 3.8) is 0 Å². The second kappa shape index (κ2) is 11.2. The van der Waals surface area contributed by atoms with Crippen LogP contribution in [0.15, 0.2) is 54.0 Å². The van der Waals surface area contributed by atoms with Crippen molar-refractivity contribution in [2.45, 2.75) is 45.7 Å². The molecule has 2 aliphatic rings.